The van der Waals surface area contributed by atoms with Crippen LogP contribution < -0.4 is 4.90 Å². The maximum Gasteiger partial charge on any atom is 0.416 e. The van der Waals surface area contributed by atoms with Crippen molar-refractivity contribution in [2.24, 2.45) is 0 Å². The summed E-state index contributed by atoms with van der Waals surface area (Å²) in [5.41, 5.74) is 1.25. The fourth-order valence-electron chi connectivity index (χ4n) is 3.97. The molecule has 1 unspecified atom stereocenters. The van der Waals surface area contributed by atoms with Gasteiger partial charge in [-0.3, -0.25) is 4.90 Å². The van der Waals surface area contributed by atoms with Crippen LogP contribution >= 0.6 is 0 Å². The van der Waals surface area contributed by atoms with Gasteiger partial charge in [0.25, 0.3) is 0 Å². The zero-order valence-corrected chi connectivity index (χ0v) is 21.1. The third-order valence-corrected chi connectivity index (χ3v) is 7.50. The molecule has 33 heavy (non-hydrogen) atoms. The van der Waals surface area contributed by atoms with Gasteiger partial charge in [-0.1, -0.05) is 37.1 Å². The van der Waals surface area contributed by atoms with E-state index in [-0.39, 0.29) is 6.04 Å². The van der Waals surface area contributed by atoms with E-state index < -0.39 is 21.7 Å². The summed E-state index contributed by atoms with van der Waals surface area (Å²) in [7, 11) is -3.62. The van der Waals surface area contributed by atoms with E-state index in [1.54, 1.807) is 28.7 Å². The number of piperidine rings is 1. The lowest BCUT2D eigenvalue weighted by atomic mass is 9.99. The lowest BCUT2D eigenvalue weighted by Gasteiger charge is -2.35. The van der Waals surface area contributed by atoms with Gasteiger partial charge in [0.05, 0.1) is 10.9 Å². The lowest BCUT2D eigenvalue weighted by molar-refractivity contribution is 0.0579. The smallest absolute Gasteiger partial charge is 0.416 e. The summed E-state index contributed by atoms with van der Waals surface area (Å²) < 4.78 is 33.9. The molecule has 2 heterocycles. The second-order valence-corrected chi connectivity index (χ2v) is 11.4. The normalized spacial score (nSPS) is 17.5. The first-order chi connectivity index (χ1) is 15.5. The molecule has 0 bridgehead atoms. The molecule has 8 heteroatoms. The van der Waals surface area contributed by atoms with E-state index in [0.29, 0.717) is 23.8 Å². The Labute approximate surface area is 197 Å². The number of rotatable bonds is 6. The van der Waals surface area contributed by atoms with Crippen LogP contribution in [-0.4, -0.2) is 42.5 Å². The van der Waals surface area contributed by atoms with Crippen molar-refractivity contribution in [2.45, 2.75) is 76.8 Å². The molecule has 180 valence electrons. The molecule has 0 radical (unpaired) electrons. The standard InChI is InChI=1S/C25H35N3O4S/c1-6-16-27(24(29)32-25(3,4)5)23-15-12-20(18-26-23)22-9-7-8-17-28(22)33(30,31)21-13-10-19(2)11-14-21/h10-15,18,22H,6-9,16-17H2,1-5H3. The van der Waals surface area contributed by atoms with Crippen LogP contribution in [0.25, 0.3) is 0 Å². The molecule has 0 spiro atoms. The van der Waals surface area contributed by atoms with E-state index in [2.05, 4.69) is 4.98 Å². The molecule has 1 aromatic carbocycles. The highest BCUT2D eigenvalue weighted by atomic mass is 32.2. The summed E-state index contributed by atoms with van der Waals surface area (Å²) in [4.78, 5) is 19.0. The van der Waals surface area contributed by atoms with E-state index in [1.165, 1.54) is 4.90 Å². The lowest BCUT2D eigenvalue weighted by Crippen LogP contribution is -2.39. The number of aryl methyl sites for hydroxylation is 1. The number of hydrogen-bond donors (Lipinski definition) is 0. The molecule has 1 fully saturated rings. The van der Waals surface area contributed by atoms with Crippen LogP contribution in [0.15, 0.2) is 47.5 Å². The monoisotopic (exact) mass is 473 g/mol. The minimum absolute atomic E-state index is 0.284. The molecule has 3 rings (SSSR count). The van der Waals surface area contributed by atoms with Crippen molar-refractivity contribution in [3.8, 4) is 0 Å². The molecular weight excluding hydrogens is 438 g/mol. The summed E-state index contributed by atoms with van der Waals surface area (Å²) in [6.45, 7) is 10.4. The zero-order valence-electron chi connectivity index (χ0n) is 20.2. The van der Waals surface area contributed by atoms with Crippen LogP contribution in [-0.2, 0) is 14.8 Å². The Morgan fingerprint density at radius 3 is 2.42 bits per heavy atom. The first kappa shape index (κ1) is 25.2. The van der Waals surface area contributed by atoms with E-state index in [4.69, 9.17) is 4.74 Å². The number of carbonyl (C=O) groups is 1. The number of pyridine rings is 1. The molecule has 1 aliphatic heterocycles. The molecule has 1 aliphatic rings. The van der Waals surface area contributed by atoms with Gasteiger partial charge in [-0.25, -0.2) is 18.2 Å². The van der Waals surface area contributed by atoms with Crippen LogP contribution in [0.1, 0.15) is 70.5 Å². The van der Waals surface area contributed by atoms with Crippen molar-refractivity contribution in [2.75, 3.05) is 18.0 Å². The quantitative estimate of drug-likeness (QED) is 0.557. The number of nitrogens with zero attached hydrogens (tertiary/aromatic N) is 3. The van der Waals surface area contributed by atoms with Crippen molar-refractivity contribution in [3.63, 3.8) is 0 Å². The van der Waals surface area contributed by atoms with Gasteiger partial charge in [0.1, 0.15) is 11.4 Å². The summed E-state index contributed by atoms with van der Waals surface area (Å²) in [6.07, 6.45) is 4.52. The Hall–Kier alpha value is -2.45. The van der Waals surface area contributed by atoms with E-state index in [1.807, 2.05) is 52.8 Å². The van der Waals surface area contributed by atoms with Gasteiger partial charge in [0.15, 0.2) is 0 Å². The number of amides is 1. The average molecular weight is 474 g/mol. The Morgan fingerprint density at radius 2 is 1.85 bits per heavy atom. The molecule has 1 amide bonds. The number of carbonyl (C=O) groups excluding carboxylic acids is 1. The highest BCUT2D eigenvalue weighted by Gasteiger charge is 2.34. The van der Waals surface area contributed by atoms with E-state index in [0.717, 1.165) is 36.8 Å². The fourth-order valence-corrected chi connectivity index (χ4v) is 5.65. The van der Waals surface area contributed by atoms with Crippen LogP contribution in [0.3, 0.4) is 0 Å². The number of anilines is 1. The molecule has 0 saturated carbocycles. The van der Waals surface area contributed by atoms with E-state index >= 15 is 0 Å². The summed E-state index contributed by atoms with van der Waals surface area (Å²) in [6, 6.07) is 10.3. The highest BCUT2D eigenvalue weighted by Crippen LogP contribution is 2.35. The summed E-state index contributed by atoms with van der Waals surface area (Å²) in [5, 5.41) is 0. The second-order valence-electron chi connectivity index (χ2n) is 9.52. The van der Waals surface area contributed by atoms with E-state index in [9.17, 15) is 13.2 Å². The number of ether oxygens (including phenoxy) is 1. The molecule has 2 aromatic rings. The van der Waals surface area contributed by atoms with Crippen LogP contribution in [0.5, 0.6) is 0 Å². The third kappa shape index (κ3) is 6.12. The molecular formula is C25H35N3O4S. The van der Waals surface area contributed by atoms with Crippen LogP contribution in [0.2, 0.25) is 0 Å². The topological polar surface area (TPSA) is 79.8 Å². The van der Waals surface area contributed by atoms with Gasteiger partial charge in [0.2, 0.25) is 10.0 Å². The Balaban J connectivity index is 1.87. The maximum atomic E-state index is 13.4. The predicted octanol–water partition coefficient (Wildman–Crippen LogP) is 5.46. The first-order valence-electron chi connectivity index (χ1n) is 11.6. The van der Waals surface area contributed by atoms with Gasteiger partial charge < -0.3 is 4.74 Å². The second kappa shape index (κ2) is 10.2. The van der Waals surface area contributed by atoms with Gasteiger partial charge >= 0.3 is 6.09 Å². The first-order valence-corrected chi connectivity index (χ1v) is 13.0. The Bertz CT molecular complexity index is 1040. The van der Waals surface area contributed by atoms with Crippen molar-refractivity contribution < 1.29 is 17.9 Å². The van der Waals surface area contributed by atoms with Gasteiger partial charge in [-0.15, -0.1) is 0 Å². The maximum absolute atomic E-state index is 13.4. The minimum Gasteiger partial charge on any atom is -0.443 e. The fraction of sp³-hybridized carbons (Fsp3) is 0.520. The number of aromatic nitrogens is 1. The molecule has 0 N–H and O–H groups in total. The van der Waals surface area contributed by atoms with Gasteiger partial charge in [-0.2, -0.15) is 4.31 Å². The van der Waals surface area contributed by atoms with Crippen LogP contribution in [0.4, 0.5) is 10.6 Å². The van der Waals surface area contributed by atoms with Crippen molar-refractivity contribution >= 4 is 21.9 Å². The highest BCUT2D eigenvalue weighted by molar-refractivity contribution is 7.89. The predicted molar refractivity (Wildman–Crippen MR) is 130 cm³/mol. The van der Waals surface area contributed by atoms with Gasteiger partial charge in [0, 0.05) is 19.3 Å². The molecule has 1 atom stereocenters. The summed E-state index contributed by atoms with van der Waals surface area (Å²) >= 11 is 0. The van der Waals surface area contributed by atoms with Crippen molar-refractivity contribution in [1.82, 2.24) is 9.29 Å². The molecule has 1 aromatic heterocycles. The number of hydrogen-bond acceptors (Lipinski definition) is 5. The average Bonchev–Trinajstić information content (AvgIpc) is 2.77. The SMILES string of the molecule is CCCN(C(=O)OC(C)(C)C)c1ccc(C2CCCCN2S(=O)(=O)c2ccc(C)cc2)cn1. The number of sulfonamides is 1. The van der Waals surface area contributed by atoms with Crippen LogP contribution in [0, 0.1) is 6.92 Å². The van der Waals surface area contributed by atoms with Crippen molar-refractivity contribution in [1.29, 1.82) is 0 Å². The van der Waals surface area contributed by atoms with Crippen molar-refractivity contribution in [3.05, 3.63) is 53.7 Å². The third-order valence-electron chi connectivity index (χ3n) is 5.57. The summed E-state index contributed by atoms with van der Waals surface area (Å²) in [5.74, 6) is 0.499. The Morgan fingerprint density at radius 1 is 1.15 bits per heavy atom. The Kier molecular flexibility index (Phi) is 7.80. The zero-order chi connectivity index (χ0) is 24.2. The largest absolute Gasteiger partial charge is 0.443 e. The number of benzene rings is 1. The van der Waals surface area contributed by atoms with Gasteiger partial charge in [-0.05, 0) is 70.7 Å². The minimum atomic E-state index is -3.62. The molecule has 7 nitrogen and oxygen atoms in total. The molecule has 0 aliphatic carbocycles. The molecule has 1 saturated heterocycles.